The summed E-state index contributed by atoms with van der Waals surface area (Å²) in [5, 5.41) is 4.98. The van der Waals surface area contributed by atoms with Gasteiger partial charge in [0, 0.05) is 11.3 Å². The standard InChI is InChI=1S/C17H14N4O/c1-3-5-12-6-4-7-13(10-12)21-17-14(9-8-11(2)19-17)15(20-21)16(18)22/h4,6-10H,1-2H3,(H2,18,22). The number of carbonyl (C=O) groups excluding carboxylic acids is 1. The van der Waals surface area contributed by atoms with E-state index < -0.39 is 5.91 Å². The van der Waals surface area contributed by atoms with Gasteiger partial charge >= 0.3 is 0 Å². The maximum Gasteiger partial charge on any atom is 0.269 e. The Morgan fingerprint density at radius 1 is 1.27 bits per heavy atom. The fourth-order valence-corrected chi connectivity index (χ4v) is 2.31. The summed E-state index contributed by atoms with van der Waals surface area (Å²) in [5.41, 5.74) is 8.75. The SMILES string of the molecule is CC#Cc1cccc(-n2nc(C(N)=O)c3ccc(C)nc32)c1. The first-order chi connectivity index (χ1) is 10.6. The van der Waals surface area contributed by atoms with Gasteiger partial charge in [-0.15, -0.1) is 5.92 Å². The van der Waals surface area contributed by atoms with Crippen LogP contribution in [-0.2, 0) is 0 Å². The number of nitrogens with two attached hydrogens (primary N) is 1. The normalized spacial score (nSPS) is 10.3. The van der Waals surface area contributed by atoms with Crippen molar-refractivity contribution in [2.45, 2.75) is 13.8 Å². The van der Waals surface area contributed by atoms with Crippen molar-refractivity contribution in [1.82, 2.24) is 14.8 Å². The van der Waals surface area contributed by atoms with Crippen LogP contribution in [0.3, 0.4) is 0 Å². The van der Waals surface area contributed by atoms with E-state index >= 15 is 0 Å². The zero-order valence-electron chi connectivity index (χ0n) is 12.3. The van der Waals surface area contributed by atoms with Crippen molar-refractivity contribution < 1.29 is 4.79 Å². The molecule has 0 aliphatic rings. The van der Waals surface area contributed by atoms with E-state index in [0.29, 0.717) is 11.0 Å². The van der Waals surface area contributed by atoms with Crippen LogP contribution in [0.15, 0.2) is 36.4 Å². The minimum Gasteiger partial charge on any atom is -0.364 e. The van der Waals surface area contributed by atoms with E-state index in [4.69, 9.17) is 5.73 Å². The summed E-state index contributed by atoms with van der Waals surface area (Å²) in [7, 11) is 0. The maximum atomic E-state index is 11.6. The topological polar surface area (TPSA) is 73.8 Å². The van der Waals surface area contributed by atoms with Crippen LogP contribution in [0, 0.1) is 18.8 Å². The molecular weight excluding hydrogens is 276 g/mol. The Bertz CT molecular complexity index is 944. The lowest BCUT2D eigenvalue weighted by atomic mass is 10.2. The van der Waals surface area contributed by atoms with Crippen LogP contribution in [0.2, 0.25) is 0 Å². The highest BCUT2D eigenvalue weighted by molar-refractivity contribution is 6.03. The first-order valence-electron chi connectivity index (χ1n) is 6.79. The van der Waals surface area contributed by atoms with E-state index in [1.165, 1.54) is 0 Å². The number of primary amides is 1. The highest BCUT2D eigenvalue weighted by Crippen LogP contribution is 2.21. The molecule has 0 fully saturated rings. The van der Waals surface area contributed by atoms with Crippen LogP contribution < -0.4 is 5.73 Å². The molecule has 1 aromatic carbocycles. The number of pyridine rings is 1. The summed E-state index contributed by atoms with van der Waals surface area (Å²) in [6.45, 7) is 3.67. The minimum absolute atomic E-state index is 0.217. The Kier molecular flexibility index (Phi) is 3.36. The second-order valence-electron chi connectivity index (χ2n) is 4.87. The Hall–Kier alpha value is -3.13. The summed E-state index contributed by atoms with van der Waals surface area (Å²) in [5.74, 6) is 5.30. The molecule has 0 saturated carbocycles. The van der Waals surface area contributed by atoms with Crippen molar-refractivity contribution in [2.24, 2.45) is 5.73 Å². The van der Waals surface area contributed by atoms with Gasteiger partial charge in [0.2, 0.25) is 0 Å². The Labute approximate surface area is 127 Å². The van der Waals surface area contributed by atoms with Gasteiger partial charge in [-0.2, -0.15) is 5.10 Å². The summed E-state index contributed by atoms with van der Waals surface area (Å²) in [6, 6.07) is 11.2. The molecule has 0 aliphatic carbocycles. The number of aromatic nitrogens is 3. The summed E-state index contributed by atoms with van der Waals surface area (Å²) in [4.78, 5) is 16.1. The zero-order valence-corrected chi connectivity index (χ0v) is 12.3. The number of rotatable bonds is 2. The highest BCUT2D eigenvalue weighted by atomic mass is 16.1. The molecule has 3 aromatic rings. The van der Waals surface area contributed by atoms with Gasteiger partial charge in [-0.05, 0) is 44.2 Å². The number of nitrogens with zero attached hydrogens (tertiary/aromatic N) is 3. The van der Waals surface area contributed by atoms with Gasteiger partial charge in [-0.25, -0.2) is 9.67 Å². The summed E-state index contributed by atoms with van der Waals surface area (Å²) in [6.07, 6.45) is 0. The van der Waals surface area contributed by atoms with Crippen LogP contribution >= 0.6 is 0 Å². The largest absolute Gasteiger partial charge is 0.364 e. The highest BCUT2D eigenvalue weighted by Gasteiger charge is 2.17. The van der Waals surface area contributed by atoms with E-state index in [0.717, 1.165) is 16.9 Å². The molecule has 1 amide bonds. The van der Waals surface area contributed by atoms with Gasteiger partial charge in [-0.1, -0.05) is 12.0 Å². The monoisotopic (exact) mass is 290 g/mol. The molecule has 2 aromatic heterocycles. The van der Waals surface area contributed by atoms with Crippen molar-refractivity contribution in [2.75, 3.05) is 0 Å². The van der Waals surface area contributed by atoms with Crippen LogP contribution in [0.5, 0.6) is 0 Å². The molecule has 0 saturated heterocycles. The van der Waals surface area contributed by atoms with E-state index in [1.807, 2.05) is 43.3 Å². The lowest BCUT2D eigenvalue weighted by Crippen LogP contribution is -2.12. The van der Waals surface area contributed by atoms with Crippen molar-refractivity contribution in [3.05, 3.63) is 53.3 Å². The third kappa shape index (κ3) is 2.31. The average molecular weight is 290 g/mol. The second-order valence-corrected chi connectivity index (χ2v) is 4.87. The molecule has 5 nitrogen and oxygen atoms in total. The zero-order chi connectivity index (χ0) is 15.7. The fraction of sp³-hybridized carbons (Fsp3) is 0.118. The van der Waals surface area contributed by atoms with Crippen molar-refractivity contribution in [1.29, 1.82) is 0 Å². The van der Waals surface area contributed by atoms with E-state index in [2.05, 4.69) is 21.9 Å². The Balaban J connectivity index is 2.30. The van der Waals surface area contributed by atoms with Crippen LogP contribution in [0.1, 0.15) is 28.7 Å². The third-order valence-corrected chi connectivity index (χ3v) is 3.26. The predicted molar refractivity (Wildman–Crippen MR) is 84.7 cm³/mol. The average Bonchev–Trinajstić information content (AvgIpc) is 2.86. The summed E-state index contributed by atoms with van der Waals surface area (Å²) < 4.78 is 1.63. The molecular formula is C17H14N4O. The number of hydrogen-bond donors (Lipinski definition) is 1. The maximum absolute atomic E-state index is 11.6. The van der Waals surface area contributed by atoms with Gasteiger partial charge in [0.15, 0.2) is 11.3 Å². The van der Waals surface area contributed by atoms with Gasteiger partial charge in [0.05, 0.1) is 11.1 Å². The van der Waals surface area contributed by atoms with Gasteiger partial charge in [0.25, 0.3) is 5.91 Å². The second kappa shape index (κ2) is 5.34. The van der Waals surface area contributed by atoms with Gasteiger partial charge in [-0.3, -0.25) is 4.79 Å². The molecule has 5 heteroatoms. The molecule has 2 heterocycles. The number of fused-ring (bicyclic) bond motifs is 1. The first-order valence-corrected chi connectivity index (χ1v) is 6.79. The molecule has 22 heavy (non-hydrogen) atoms. The van der Waals surface area contributed by atoms with Gasteiger partial charge < -0.3 is 5.73 Å². The van der Waals surface area contributed by atoms with Crippen molar-refractivity contribution >= 4 is 16.9 Å². The van der Waals surface area contributed by atoms with Crippen molar-refractivity contribution in [3.8, 4) is 17.5 Å². The predicted octanol–water partition coefficient (Wildman–Crippen LogP) is 2.20. The van der Waals surface area contributed by atoms with Crippen molar-refractivity contribution in [3.63, 3.8) is 0 Å². The van der Waals surface area contributed by atoms with E-state index in [-0.39, 0.29) is 5.69 Å². The lowest BCUT2D eigenvalue weighted by Gasteiger charge is -2.03. The van der Waals surface area contributed by atoms with Crippen LogP contribution in [-0.4, -0.2) is 20.7 Å². The number of amides is 1. The van der Waals surface area contributed by atoms with Gasteiger partial charge in [0.1, 0.15) is 0 Å². The Morgan fingerprint density at radius 2 is 2.09 bits per heavy atom. The number of aryl methyl sites for hydroxylation is 1. The van der Waals surface area contributed by atoms with E-state index in [1.54, 1.807) is 11.6 Å². The quantitative estimate of drug-likeness (QED) is 0.735. The lowest BCUT2D eigenvalue weighted by molar-refractivity contribution is 0.0996. The first kappa shape index (κ1) is 13.8. The molecule has 0 spiro atoms. The molecule has 3 rings (SSSR count). The molecule has 0 radical (unpaired) electrons. The van der Waals surface area contributed by atoms with E-state index in [9.17, 15) is 4.79 Å². The summed E-state index contributed by atoms with van der Waals surface area (Å²) >= 11 is 0. The number of benzene rings is 1. The van der Waals surface area contributed by atoms with Crippen LogP contribution in [0.25, 0.3) is 16.7 Å². The third-order valence-electron chi connectivity index (χ3n) is 3.26. The molecule has 0 bridgehead atoms. The molecule has 0 aliphatic heterocycles. The minimum atomic E-state index is -0.570. The molecule has 2 N–H and O–H groups in total. The number of carbonyl (C=O) groups is 1. The number of hydrogen-bond acceptors (Lipinski definition) is 3. The van der Waals surface area contributed by atoms with Crippen LogP contribution in [0.4, 0.5) is 0 Å². The molecule has 0 atom stereocenters. The fourth-order valence-electron chi connectivity index (χ4n) is 2.31. The Morgan fingerprint density at radius 3 is 2.82 bits per heavy atom. The molecule has 108 valence electrons. The smallest absolute Gasteiger partial charge is 0.269 e. The molecule has 0 unspecified atom stereocenters.